The Balaban J connectivity index is 0.000000162. The molecule has 0 amide bonds. The first-order valence-corrected chi connectivity index (χ1v) is 23.5. The summed E-state index contributed by atoms with van der Waals surface area (Å²) in [5.41, 5.74) is 4.41. The molecule has 0 spiro atoms. The standard InChI is InChI=1S/C25H31N5O2.C22H23ClN4O.C3H9NO/c1-29(13-14-31)23-15-20-21(16-26-23)27-24(18-7-8-18)28-25(20)30-11-9-17(10-12-30)19-5-3-4-6-22(19)32-2;1-28-19-5-3-2-4-16(19)14-8-10-27(11-9-14)22-17-12-20(23)24-13-18(17)25-21(26-22)15-6-7-15;1-4-2-3-5/h3-6,15-18,31H,7-14H2,1-2H3;2-5,12-15H,6-11H2,1H3;4-5H,2-3H2,1H3. The van der Waals surface area contributed by atoms with E-state index in [4.69, 9.17) is 46.1 Å². The molecule has 6 aromatic rings. The van der Waals surface area contributed by atoms with Gasteiger partial charge in [0.1, 0.15) is 45.8 Å². The summed E-state index contributed by atoms with van der Waals surface area (Å²) in [6.45, 7) is 5.37. The Morgan fingerprint density at radius 2 is 1.12 bits per heavy atom. The van der Waals surface area contributed by atoms with Crippen molar-refractivity contribution in [1.29, 1.82) is 0 Å². The number of benzene rings is 2. The van der Waals surface area contributed by atoms with E-state index in [1.807, 2.05) is 36.3 Å². The number of nitrogens with one attached hydrogen (secondary N) is 1. The minimum absolute atomic E-state index is 0.0939. The molecule has 4 aliphatic rings. The number of piperidine rings is 2. The molecule has 14 nitrogen and oxygen atoms in total. The molecule has 3 N–H and O–H groups in total. The molecule has 2 saturated heterocycles. The van der Waals surface area contributed by atoms with Gasteiger partial charge in [-0.1, -0.05) is 48.0 Å². The molecule has 4 fully saturated rings. The van der Waals surface area contributed by atoms with Crippen LogP contribution in [-0.4, -0.2) is 121 Å². The zero-order chi connectivity index (χ0) is 45.3. The number of halogens is 1. The van der Waals surface area contributed by atoms with Gasteiger partial charge in [0, 0.05) is 68.9 Å². The summed E-state index contributed by atoms with van der Waals surface area (Å²) in [5, 5.41) is 22.6. The first-order valence-electron chi connectivity index (χ1n) is 23.2. The van der Waals surface area contributed by atoms with E-state index < -0.39 is 0 Å². The van der Waals surface area contributed by atoms with Crippen LogP contribution in [0.1, 0.15) is 97.8 Å². The molecule has 2 aliphatic carbocycles. The average Bonchev–Trinajstić information content (AvgIpc) is 4.30. The lowest BCUT2D eigenvalue weighted by atomic mass is 9.88. The number of methoxy groups -OCH3 is 2. The van der Waals surface area contributed by atoms with Crippen molar-refractivity contribution in [1.82, 2.24) is 35.2 Å². The van der Waals surface area contributed by atoms with Gasteiger partial charge in [-0.3, -0.25) is 0 Å². The SMILES string of the molecule is CNCCO.COc1ccccc1C1CCN(c2nc(C3CC3)nc3cnc(Cl)cc23)CC1.COc1ccccc1C1CCN(c2nc(C3CC3)nc3cnc(N(C)CCO)cc23)CC1. The second kappa shape index (κ2) is 21.7. The van der Waals surface area contributed by atoms with Crippen LogP contribution in [0.3, 0.4) is 0 Å². The number of aliphatic hydroxyl groups is 2. The smallest absolute Gasteiger partial charge is 0.140 e. The van der Waals surface area contributed by atoms with Gasteiger partial charge < -0.3 is 39.7 Å². The molecule has 15 heteroatoms. The molecule has 0 bridgehead atoms. The van der Waals surface area contributed by atoms with Gasteiger partial charge in [-0.2, -0.15) is 0 Å². The molecule has 0 unspecified atom stereocenters. The molecule has 4 aromatic heterocycles. The first kappa shape index (κ1) is 46.1. The maximum atomic E-state index is 9.32. The van der Waals surface area contributed by atoms with Gasteiger partial charge in [0.2, 0.25) is 0 Å². The van der Waals surface area contributed by atoms with Gasteiger partial charge in [-0.25, -0.2) is 29.9 Å². The molecule has 344 valence electrons. The maximum absolute atomic E-state index is 9.32. The van der Waals surface area contributed by atoms with Gasteiger partial charge in [-0.05, 0) is 106 Å². The van der Waals surface area contributed by atoms with E-state index in [0.29, 0.717) is 41.9 Å². The Morgan fingerprint density at radius 1 is 0.646 bits per heavy atom. The van der Waals surface area contributed by atoms with E-state index >= 15 is 0 Å². The van der Waals surface area contributed by atoms with Crippen molar-refractivity contribution in [3.8, 4) is 11.5 Å². The molecule has 2 saturated carbocycles. The van der Waals surface area contributed by atoms with Crippen molar-refractivity contribution in [2.45, 2.75) is 75.0 Å². The van der Waals surface area contributed by atoms with Crippen molar-refractivity contribution in [3.05, 3.63) is 101 Å². The Kier molecular flexibility index (Phi) is 15.4. The van der Waals surface area contributed by atoms with Crippen LogP contribution in [0.15, 0.2) is 73.1 Å². The van der Waals surface area contributed by atoms with Crippen molar-refractivity contribution in [2.24, 2.45) is 0 Å². The van der Waals surface area contributed by atoms with Gasteiger partial charge in [0.05, 0.1) is 50.9 Å². The van der Waals surface area contributed by atoms with Crippen molar-refractivity contribution in [2.75, 3.05) is 95.5 Å². The summed E-state index contributed by atoms with van der Waals surface area (Å²) in [4.78, 5) is 35.2. The molecule has 65 heavy (non-hydrogen) atoms. The number of likely N-dealkylation sites (N-methyl/N-ethyl adjacent to an activating group) is 2. The summed E-state index contributed by atoms with van der Waals surface area (Å²) in [6.07, 6.45) is 12.6. The highest BCUT2D eigenvalue weighted by molar-refractivity contribution is 6.30. The van der Waals surface area contributed by atoms with E-state index in [2.05, 4.69) is 67.5 Å². The zero-order valence-corrected chi connectivity index (χ0v) is 38.9. The Labute approximate surface area is 387 Å². The molecule has 10 rings (SSSR count). The van der Waals surface area contributed by atoms with Gasteiger partial charge in [0.25, 0.3) is 0 Å². The number of hydrogen-bond acceptors (Lipinski definition) is 14. The Bertz CT molecular complexity index is 2510. The van der Waals surface area contributed by atoms with Crippen molar-refractivity contribution in [3.63, 3.8) is 0 Å². The molecule has 0 atom stereocenters. The molecular weight excluding hydrogens is 840 g/mol. The summed E-state index contributed by atoms with van der Waals surface area (Å²) in [6, 6.07) is 20.7. The number of aromatic nitrogens is 6. The lowest BCUT2D eigenvalue weighted by molar-refractivity contribution is 0.296. The minimum atomic E-state index is 0.0939. The van der Waals surface area contributed by atoms with E-state index in [0.717, 1.165) is 114 Å². The van der Waals surface area contributed by atoms with Crippen LogP contribution >= 0.6 is 11.6 Å². The van der Waals surface area contributed by atoms with E-state index in [1.54, 1.807) is 27.5 Å². The monoisotopic (exact) mass is 902 g/mol. The molecular formula is C50H63ClN10O4. The summed E-state index contributed by atoms with van der Waals surface area (Å²) in [5.74, 6) is 8.74. The lowest BCUT2D eigenvalue weighted by Gasteiger charge is -2.34. The summed E-state index contributed by atoms with van der Waals surface area (Å²) in [7, 11) is 7.25. The Morgan fingerprint density at radius 3 is 1.55 bits per heavy atom. The molecule has 2 aliphatic heterocycles. The summed E-state index contributed by atoms with van der Waals surface area (Å²) >= 11 is 6.18. The minimum Gasteiger partial charge on any atom is -0.496 e. The van der Waals surface area contributed by atoms with E-state index in [9.17, 15) is 5.11 Å². The highest BCUT2D eigenvalue weighted by Crippen LogP contribution is 2.43. The molecule has 2 aromatic carbocycles. The number of hydrogen-bond donors (Lipinski definition) is 3. The van der Waals surface area contributed by atoms with Crippen LogP contribution < -0.4 is 29.5 Å². The number of anilines is 3. The van der Waals surface area contributed by atoms with Gasteiger partial charge >= 0.3 is 0 Å². The number of ether oxygens (including phenoxy) is 2. The number of pyridine rings is 2. The van der Waals surface area contributed by atoms with Gasteiger partial charge in [-0.15, -0.1) is 0 Å². The fourth-order valence-corrected chi connectivity index (χ4v) is 9.12. The third-order valence-electron chi connectivity index (χ3n) is 12.9. The third-order valence-corrected chi connectivity index (χ3v) is 13.1. The first-order chi connectivity index (χ1) is 31.8. The molecule has 6 heterocycles. The summed E-state index contributed by atoms with van der Waals surface area (Å²) < 4.78 is 11.2. The second-order valence-electron chi connectivity index (χ2n) is 17.4. The van der Waals surface area contributed by atoms with E-state index in [1.165, 1.54) is 36.8 Å². The number of nitrogens with zero attached hydrogens (tertiary/aromatic N) is 9. The highest BCUT2D eigenvalue weighted by Gasteiger charge is 2.32. The number of rotatable bonds is 13. The predicted octanol–water partition coefficient (Wildman–Crippen LogP) is 7.87. The van der Waals surface area contributed by atoms with Crippen LogP contribution in [0.25, 0.3) is 21.8 Å². The van der Waals surface area contributed by atoms with Crippen LogP contribution in [0.5, 0.6) is 11.5 Å². The normalized spacial score (nSPS) is 16.7. The van der Waals surface area contributed by atoms with Crippen molar-refractivity contribution >= 4 is 50.9 Å². The van der Waals surface area contributed by atoms with Crippen LogP contribution in [0.2, 0.25) is 5.15 Å². The zero-order valence-electron chi connectivity index (χ0n) is 38.2. The highest BCUT2D eigenvalue weighted by atomic mass is 35.5. The number of para-hydroxylation sites is 2. The fraction of sp³-hybridized carbons (Fsp3) is 0.480. The quantitative estimate of drug-likeness (QED) is 0.0962. The lowest BCUT2D eigenvalue weighted by Crippen LogP contribution is -2.34. The van der Waals surface area contributed by atoms with E-state index in [-0.39, 0.29) is 13.2 Å². The topological polar surface area (TPSA) is 158 Å². The maximum Gasteiger partial charge on any atom is 0.140 e. The number of fused-ring (bicyclic) bond motifs is 2. The van der Waals surface area contributed by atoms with Gasteiger partial charge in [0.15, 0.2) is 0 Å². The third kappa shape index (κ3) is 11.2. The predicted molar refractivity (Wildman–Crippen MR) is 259 cm³/mol. The van der Waals surface area contributed by atoms with Crippen LogP contribution in [0.4, 0.5) is 17.5 Å². The average molecular weight is 904 g/mol. The number of aliphatic hydroxyl groups excluding tert-OH is 2. The molecule has 0 radical (unpaired) electrons. The second-order valence-corrected chi connectivity index (χ2v) is 17.8. The van der Waals surface area contributed by atoms with Crippen LogP contribution in [-0.2, 0) is 0 Å². The van der Waals surface area contributed by atoms with Crippen molar-refractivity contribution < 1.29 is 19.7 Å². The fourth-order valence-electron chi connectivity index (χ4n) is 8.96. The largest absolute Gasteiger partial charge is 0.496 e. The Hall–Kier alpha value is -5.41. The van der Waals surface area contributed by atoms with Crippen LogP contribution in [0, 0.1) is 0 Å².